The van der Waals surface area contributed by atoms with Gasteiger partial charge in [0.05, 0.1) is 0 Å². The van der Waals surface area contributed by atoms with Gasteiger partial charge in [0, 0.05) is 46.1 Å². The van der Waals surface area contributed by atoms with Crippen LogP contribution in [-0.4, -0.2) is 46.5 Å². The van der Waals surface area contributed by atoms with E-state index >= 15 is 0 Å². The van der Waals surface area contributed by atoms with E-state index < -0.39 is 0 Å². The van der Waals surface area contributed by atoms with E-state index in [4.69, 9.17) is 0 Å². The minimum atomic E-state index is -0.322. The molecule has 4 aromatic carbocycles. The highest BCUT2D eigenvalue weighted by molar-refractivity contribution is 6.33. The van der Waals surface area contributed by atoms with Crippen molar-refractivity contribution in [2.24, 2.45) is 22.7 Å². The first kappa shape index (κ1) is 39.5. The highest BCUT2D eigenvalue weighted by atomic mass is 16.2. The number of rotatable bonds is 6. The number of nitrogens with zero attached hydrogens (tertiary/aromatic N) is 2. The number of aryl methyl sites for hydroxylation is 2. The number of carbonyl (C=O) groups excluding carboxylic acids is 4. The Balaban J connectivity index is 0.953. The Morgan fingerprint density at radius 2 is 0.867 bits per heavy atom. The van der Waals surface area contributed by atoms with E-state index in [1.165, 1.54) is 43.2 Å². The largest absolute Gasteiger partial charge is 0.274 e. The van der Waals surface area contributed by atoms with E-state index in [0.717, 1.165) is 64.2 Å². The number of hydrogen-bond acceptors (Lipinski definition) is 4. The van der Waals surface area contributed by atoms with Gasteiger partial charge in [-0.15, -0.1) is 0 Å². The molecule has 0 spiro atoms. The molecule has 60 heavy (non-hydrogen) atoms. The zero-order valence-electron chi connectivity index (χ0n) is 37.1. The fraction of sp³-hybridized carbons (Fsp3) is 0.519. The summed E-state index contributed by atoms with van der Waals surface area (Å²) in [7, 11) is 0. The van der Waals surface area contributed by atoms with Gasteiger partial charge in [0.1, 0.15) is 0 Å². The quantitative estimate of drug-likeness (QED) is 0.182. The van der Waals surface area contributed by atoms with E-state index in [0.29, 0.717) is 69.8 Å². The maximum atomic E-state index is 14.7. The highest BCUT2D eigenvalue weighted by Crippen LogP contribution is 2.60. The van der Waals surface area contributed by atoms with Crippen LogP contribution >= 0.6 is 0 Å². The number of amides is 4. The summed E-state index contributed by atoms with van der Waals surface area (Å²) in [5.74, 6) is 0.237. The van der Waals surface area contributed by atoms with Crippen molar-refractivity contribution in [2.45, 2.75) is 142 Å². The van der Waals surface area contributed by atoms with Gasteiger partial charge in [-0.3, -0.25) is 29.0 Å². The predicted octanol–water partition coefficient (Wildman–Crippen LogP) is 11.7. The number of hydrogen-bond donors (Lipinski definition) is 0. The van der Waals surface area contributed by atoms with E-state index in [1.54, 1.807) is 24.3 Å². The standard InChI is InChI=1S/C54H62N2O4/c1-31(2)35-13-11-33-15-21-43-51(5,23-9-25-53(43,7)41(33)27-35)29-55-47(57)37-17-19-39-46-40(20-18-38(45(37)46)48(55)58)50(60)56(49(39)59)30-52(6)24-10-26-54(8)42-28-36(32(3)4)14-12-34(42)16-22-44(52)54/h11-14,17-20,27-28,31-32,43-44H,9-10,15-16,21-26,29-30H2,1-8H3/t43-,44-,51+,52+,53+,54+/m1/s1. The molecule has 4 amide bonds. The SMILES string of the molecule is CC(C)c1ccc2c(c1)[C@]1(C)CCC[C@@](C)(CN3C(=O)c4ccc5c6c(ccc(c46)C3=O)C(=O)N(C[C@]3(C)CCC[C@@]4(C)c6cc(C(C)C)ccc6CC[C@H]34)C5=O)[C@H]1CC2. The fourth-order valence-electron chi connectivity index (χ4n) is 14.3. The Morgan fingerprint density at radius 1 is 0.517 bits per heavy atom. The van der Waals surface area contributed by atoms with Crippen LogP contribution in [0.1, 0.15) is 193 Å². The van der Waals surface area contributed by atoms with Crippen molar-refractivity contribution in [1.82, 2.24) is 9.80 Å². The number of benzene rings is 4. The molecule has 312 valence electrons. The molecule has 10 rings (SSSR count). The van der Waals surface area contributed by atoms with Crippen molar-refractivity contribution in [1.29, 1.82) is 0 Å². The van der Waals surface area contributed by atoms with Gasteiger partial charge in [-0.05, 0) is 154 Å². The topological polar surface area (TPSA) is 74.8 Å². The monoisotopic (exact) mass is 802 g/mol. The van der Waals surface area contributed by atoms with E-state index in [9.17, 15) is 19.2 Å². The van der Waals surface area contributed by atoms with Crippen LogP contribution in [0.25, 0.3) is 10.8 Å². The van der Waals surface area contributed by atoms with Crippen LogP contribution < -0.4 is 0 Å². The molecular formula is C54H62N2O4. The zero-order valence-corrected chi connectivity index (χ0v) is 37.1. The summed E-state index contributed by atoms with van der Waals surface area (Å²) in [6.07, 6.45) is 10.2. The van der Waals surface area contributed by atoms with Gasteiger partial charge >= 0.3 is 0 Å². The van der Waals surface area contributed by atoms with Gasteiger partial charge in [0.25, 0.3) is 23.6 Å². The maximum Gasteiger partial charge on any atom is 0.261 e. The molecule has 4 aromatic rings. The second kappa shape index (κ2) is 13.5. The fourth-order valence-corrected chi connectivity index (χ4v) is 14.3. The summed E-state index contributed by atoms with van der Waals surface area (Å²) < 4.78 is 0. The molecular weight excluding hydrogens is 741 g/mol. The maximum absolute atomic E-state index is 14.7. The molecule has 6 nitrogen and oxygen atoms in total. The summed E-state index contributed by atoms with van der Waals surface area (Å²) in [6.45, 7) is 19.2. The Hall–Kier alpha value is -4.58. The molecule has 4 aliphatic carbocycles. The molecule has 6 atom stereocenters. The first-order valence-electron chi connectivity index (χ1n) is 23.1. The van der Waals surface area contributed by atoms with Crippen LogP contribution in [0, 0.1) is 22.7 Å². The van der Waals surface area contributed by atoms with Crippen LogP contribution in [0.15, 0.2) is 60.7 Å². The summed E-state index contributed by atoms with van der Waals surface area (Å²) in [4.78, 5) is 61.7. The summed E-state index contributed by atoms with van der Waals surface area (Å²) >= 11 is 0. The number of imide groups is 2. The number of fused-ring (bicyclic) bond motifs is 6. The Kier molecular flexibility index (Phi) is 8.87. The molecule has 2 fully saturated rings. The van der Waals surface area contributed by atoms with Crippen LogP contribution in [0.2, 0.25) is 0 Å². The molecule has 0 bridgehead atoms. The lowest BCUT2D eigenvalue weighted by atomic mass is 9.49. The lowest BCUT2D eigenvalue weighted by Gasteiger charge is -2.56. The van der Waals surface area contributed by atoms with E-state index in [-0.39, 0.29) is 45.3 Å². The number of carbonyl (C=O) groups is 4. The summed E-state index contributed by atoms with van der Waals surface area (Å²) in [5, 5.41) is 0.927. The Bertz CT molecular complexity index is 2310. The minimum Gasteiger partial charge on any atom is -0.274 e. The van der Waals surface area contributed by atoms with Crippen LogP contribution in [0.5, 0.6) is 0 Å². The molecule has 0 N–H and O–H groups in total. The Labute approximate surface area is 356 Å². The lowest BCUT2D eigenvalue weighted by Crippen LogP contribution is -2.56. The van der Waals surface area contributed by atoms with Gasteiger partial charge in [0.2, 0.25) is 0 Å². The van der Waals surface area contributed by atoms with Gasteiger partial charge in [0.15, 0.2) is 0 Å². The van der Waals surface area contributed by atoms with Gasteiger partial charge in [-0.1, -0.05) is 105 Å². The average molecular weight is 803 g/mol. The molecule has 0 radical (unpaired) electrons. The summed E-state index contributed by atoms with van der Waals surface area (Å²) in [5.41, 5.74) is 9.56. The van der Waals surface area contributed by atoms with Gasteiger partial charge in [-0.2, -0.15) is 0 Å². The molecule has 2 aliphatic heterocycles. The van der Waals surface area contributed by atoms with Gasteiger partial charge in [-0.25, -0.2) is 0 Å². The molecule has 0 aromatic heterocycles. The van der Waals surface area contributed by atoms with Crippen LogP contribution in [-0.2, 0) is 23.7 Å². The second-order valence-electron chi connectivity index (χ2n) is 21.6. The summed E-state index contributed by atoms with van der Waals surface area (Å²) in [6, 6.07) is 21.1. The molecule has 6 heteroatoms. The van der Waals surface area contributed by atoms with Crippen molar-refractivity contribution < 1.29 is 19.2 Å². The van der Waals surface area contributed by atoms with Crippen LogP contribution in [0.3, 0.4) is 0 Å². The highest BCUT2D eigenvalue weighted by Gasteiger charge is 2.55. The first-order valence-corrected chi connectivity index (χ1v) is 23.1. The third-order valence-corrected chi connectivity index (χ3v) is 17.4. The van der Waals surface area contributed by atoms with Crippen molar-refractivity contribution >= 4 is 34.4 Å². The van der Waals surface area contributed by atoms with Crippen LogP contribution in [0.4, 0.5) is 0 Å². The van der Waals surface area contributed by atoms with Crippen molar-refractivity contribution in [3.63, 3.8) is 0 Å². The molecule has 0 unspecified atom stereocenters. The third-order valence-electron chi connectivity index (χ3n) is 17.4. The first-order chi connectivity index (χ1) is 28.5. The van der Waals surface area contributed by atoms with Crippen molar-refractivity contribution in [2.75, 3.05) is 13.1 Å². The molecule has 2 heterocycles. The molecule has 0 saturated heterocycles. The second-order valence-corrected chi connectivity index (χ2v) is 21.6. The van der Waals surface area contributed by atoms with Crippen molar-refractivity contribution in [3.8, 4) is 0 Å². The smallest absolute Gasteiger partial charge is 0.261 e. The average Bonchev–Trinajstić information content (AvgIpc) is 3.21. The minimum absolute atomic E-state index is 0.0369. The van der Waals surface area contributed by atoms with Gasteiger partial charge < -0.3 is 0 Å². The normalized spacial score (nSPS) is 30.8. The van der Waals surface area contributed by atoms with E-state index in [1.807, 2.05) is 0 Å². The van der Waals surface area contributed by atoms with Crippen molar-refractivity contribution in [3.05, 3.63) is 116 Å². The zero-order chi connectivity index (χ0) is 42.3. The lowest BCUT2D eigenvalue weighted by molar-refractivity contribution is -0.000110. The molecule has 2 saturated carbocycles. The Morgan fingerprint density at radius 3 is 1.20 bits per heavy atom. The predicted molar refractivity (Wildman–Crippen MR) is 238 cm³/mol. The molecule has 6 aliphatic rings. The van der Waals surface area contributed by atoms with E-state index in [2.05, 4.69) is 91.8 Å². The third kappa shape index (κ3) is 5.50.